The molecule has 8 heteroatoms. The van der Waals surface area contributed by atoms with Gasteiger partial charge < -0.3 is 16.6 Å². The summed E-state index contributed by atoms with van der Waals surface area (Å²) in [4.78, 5) is 9.38. The Kier molecular flexibility index (Phi) is 14.1. The highest BCUT2D eigenvalue weighted by molar-refractivity contribution is 7.18. The van der Waals surface area contributed by atoms with Gasteiger partial charge in [0.25, 0.3) is 0 Å². The molecule has 0 atom stereocenters. The fourth-order valence-electron chi connectivity index (χ4n) is 5.16. The fourth-order valence-corrected chi connectivity index (χ4v) is 6.23. The molecule has 0 radical (unpaired) electrons. The summed E-state index contributed by atoms with van der Waals surface area (Å²) >= 11 is 1.76. The van der Waals surface area contributed by atoms with Gasteiger partial charge >= 0.3 is 0 Å². The number of nitrogens with zero attached hydrogens (tertiary/aromatic N) is 4. The van der Waals surface area contributed by atoms with Crippen molar-refractivity contribution in [2.24, 2.45) is 0 Å². The van der Waals surface area contributed by atoms with Crippen LogP contribution in [0.5, 0.6) is 0 Å². The lowest BCUT2D eigenvalue weighted by molar-refractivity contribution is 0.872. The van der Waals surface area contributed by atoms with Crippen LogP contribution < -0.4 is 5.73 Å². The molecule has 52 heavy (non-hydrogen) atoms. The molecular formula is C44H43N7S. The molecule has 260 valence electrons. The van der Waals surface area contributed by atoms with Crippen LogP contribution in [-0.2, 0) is 0 Å². The maximum Gasteiger partial charge on any atom is 0.187 e. The number of aryl methyl sites for hydroxylation is 5. The lowest BCUT2D eigenvalue weighted by Gasteiger charge is -2.05. The van der Waals surface area contributed by atoms with Crippen LogP contribution in [0.25, 0.3) is 42.7 Å². The van der Waals surface area contributed by atoms with E-state index in [0.29, 0.717) is 5.69 Å². The first kappa shape index (κ1) is 38.4. The van der Waals surface area contributed by atoms with Crippen LogP contribution in [0.4, 0.5) is 11.4 Å². The van der Waals surface area contributed by atoms with E-state index in [4.69, 9.17) is 28.1 Å². The predicted molar refractivity (Wildman–Crippen MR) is 220 cm³/mol. The zero-order valence-electron chi connectivity index (χ0n) is 30.1. The highest BCUT2D eigenvalue weighted by Gasteiger charge is 2.11. The molecule has 0 saturated heterocycles. The first-order chi connectivity index (χ1) is 25.1. The molecular weight excluding hydrogens is 659 g/mol. The quantitative estimate of drug-likeness (QED) is 0.0944. The number of aromatic nitrogens is 3. The Morgan fingerprint density at radius 2 is 1.33 bits per heavy atom. The van der Waals surface area contributed by atoms with E-state index >= 15 is 0 Å². The van der Waals surface area contributed by atoms with E-state index in [1.165, 1.54) is 32.7 Å². The molecule has 7 rings (SSSR count). The maximum absolute atomic E-state index is 6.98. The molecule has 7 aromatic rings. The molecule has 5 aromatic carbocycles. The van der Waals surface area contributed by atoms with Crippen LogP contribution in [0, 0.1) is 52.0 Å². The van der Waals surface area contributed by atoms with Crippen molar-refractivity contribution >= 4 is 35.1 Å². The molecule has 0 amide bonds. The van der Waals surface area contributed by atoms with Gasteiger partial charge in [-0.1, -0.05) is 102 Å². The average Bonchev–Trinajstić information content (AvgIpc) is 3.85. The minimum atomic E-state index is 0.659. The van der Waals surface area contributed by atoms with Crippen molar-refractivity contribution in [3.63, 3.8) is 0 Å². The Morgan fingerprint density at radius 1 is 0.673 bits per heavy atom. The number of benzene rings is 5. The molecule has 0 spiro atoms. The number of hydrogen-bond donors (Lipinski definition) is 3. The van der Waals surface area contributed by atoms with Crippen molar-refractivity contribution in [2.75, 3.05) is 5.73 Å². The van der Waals surface area contributed by atoms with Gasteiger partial charge in [-0.15, -0.1) is 11.3 Å². The zero-order valence-corrected chi connectivity index (χ0v) is 30.9. The molecule has 0 fully saturated rings. The van der Waals surface area contributed by atoms with Gasteiger partial charge in [0.2, 0.25) is 0 Å². The Labute approximate surface area is 310 Å². The second-order valence-corrected chi connectivity index (χ2v) is 13.0. The number of rotatable bonds is 5. The predicted octanol–water partition coefficient (Wildman–Crippen LogP) is 11.7. The number of anilines is 1. The lowest BCUT2D eigenvalue weighted by atomic mass is 10.0. The van der Waals surface area contributed by atoms with Crippen molar-refractivity contribution in [3.05, 3.63) is 173 Å². The first-order valence-electron chi connectivity index (χ1n) is 16.6. The molecule has 2 aromatic heterocycles. The number of nitrogen functional groups attached to an aromatic ring is 1. The Bertz CT molecular complexity index is 2240. The first-order valence-corrected chi connectivity index (χ1v) is 17.5. The van der Waals surface area contributed by atoms with Crippen molar-refractivity contribution in [2.45, 2.75) is 34.6 Å². The molecule has 2 heterocycles. The molecule has 0 unspecified atom stereocenters. The van der Waals surface area contributed by atoms with Gasteiger partial charge in [-0.25, -0.2) is 14.5 Å². The third-order valence-electron chi connectivity index (χ3n) is 7.90. The topological polar surface area (TPSA) is 109 Å². The van der Waals surface area contributed by atoms with E-state index in [2.05, 4.69) is 104 Å². The Morgan fingerprint density at radius 3 is 1.94 bits per heavy atom. The minimum Gasteiger partial charge on any atom is -0.399 e. The molecule has 7 nitrogen and oxygen atoms in total. The third kappa shape index (κ3) is 10.8. The van der Waals surface area contributed by atoms with Crippen molar-refractivity contribution in [1.29, 1.82) is 10.8 Å². The van der Waals surface area contributed by atoms with Gasteiger partial charge in [0.1, 0.15) is 5.01 Å². The van der Waals surface area contributed by atoms with Crippen molar-refractivity contribution < 1.29 is 0 Å². The number of thiazole rings is 1. The molecule has 0 bridgehead atoms. The summed E-state index contributed by atoms with van der Waals surface area (Å²) in [6.45, 7) is 17.4. The van der Waals surface area contributed by atoms with Gasteiger partial charge in [0.05, 0.1) is 22.8 Å². The largest absolute Gasteiger partial charge is 0.399 e. The highest BCUT2D eigenvalue weighted by Crippen LogP contribution is 2.35. The molecule has 0 aliphatic carbocycles. The van der Waals surface area contributed by atoms with E-state index in [0.717, 1.165) is 51.2 Å². The fraction of sp³-hybridized carbons (Fsp3) is 0.114. The van der Waals surface area contributed by atoms with E-state index in [-0.39, 0.29) is 0 Å². The van der Waals surface area contributed by atoms with Crippen LogP contribution in [0.1, 0.15) is 27.9 Å². The SMILES string of the molecule is Cc1ccc(-c2sc(-c3ccccc3)nc2C)cc1.Cc1ccc(-n2cccn2)c(C)c1.N=CC=N.[C-]#[N+]c1cccc(-c2ccc(N)c(C)c2)c1. The summed E-state index contributed by atoms with van der Waals surface area (Å²) < 4.78 is 1.88. The monoisotopic (exact) mass is 701 g/mol. The van der Waals surface area contributed by atoms with E-state index in [1.54, 1.807) is 23.6 Å². The normalized spacial score (nSPS) is 9.85. The average molecular weight is 702 g/mol. The van der Waals surface area contributed by atoms with E-state index < -0.39 is 0 Å². The summed E-state index contributed by atoms with van der Waals surface area (Å²) in [7, 11) is 0. The number of hydrogen-bond acceptors (Lipinski definition) is 6. The lowest BCUT2D eigenvalue weighted by Crippen LogP contribution is -1.97. The van der Waals surface area contributed by atoms with Crippen molar-refractivity contribution in [1.82, 2.24) is 14.8 Å². The highest BCUT2D eigenvalue weighted by atomic mass is 32.1. The van der Waals surface area contributed by atoms with Crippen LogP contribution >= 0.6 is 11.3 Å². The summed E-state index contributed by atoms with van der Waals surface area (Å²) in [5.74, 6) is 0. The number of nitrogens with one attached hydrogen (secondary N) is 2. The minimum absolute atomic E-state index is 0.659. The van der Waals surface area contributed by atoms with Gasteiger partial charge in [-0.3, -0.25) is 0 Å². The van der Waals surface area contributed by atoms with Crippen LogP contribution in [0.3, 0.4) is 0 Å². The summed E-state index contributed by atoms with van der Waals surface area (Å²) in [6.07, 6.45) is 5.58. The Hall–Kier alpha value is -6.43. The smallest absolute Gasteiger partial charge is 0.187 e. The van der Waals surface area contributed by atoms with E-state index in [9.17, 15) is 0 Å². The van der Waals surface area contributed by atoms with Crippen LogP contribution in [0.15, 0.2) is 134 Å². The van der Waals surface area contributed by atoms with E-state index in [1.807, 2.05) is 66.3 Å². The second-order valence-electron chi connectivity index (χ2n) is 12.0. The standard InChI is InChI=1S/C17H15NS.C14H12N2.C11H12N2.C2H4N2/c1-12-8-10-14(11-9-12)16-13(2)18-17(19-16)15-6-4-3-5-7-15;1-10-8-12(6-7-14(10)15)11-4-3-5-13(9-11)16-2;1-9-4-5-11(10(2)8-9)13-7-3-6-12-13;3-1-2-4/h3-11H,1-2H3;3-9H,15H2,1H3;3-8H,1-2H3;1-4H. The molecule has 0 saturated carbocycles. The third-order valence-corrected chi connectivity index (χ3v) is 9.15. The zero-order chi connectivity index (χ0) is 37.5. The van der Waals surface area contributed by atoms with Crippen molar-refractivity contribution in [3.8, 4) is 37.8 Å². The summed E-state index contributed by atoms with van der Waals surface area (Å²) in [6, 6.07) is 40.8. The summed E-state index contributed by atoms with van der Waals surface area (Å²) in [5.41, 5.74) is 19.0. The Balaban J connectivity index is 0.000000168. The molecule has 4 N–H and O–H groups in total. The van der Waals surface area contributed by atoms with Gasteiger partial charge in [0.15, 0.2) is 5.69 Å². The molecule has 0 aliphatic rings. The summed E-state index contributed by atoms with van der Waals surface area (Å²) in [5, 5.41) is 17.5. The molecule has 0 aliphatic heterocycles. The second kappa shape index (κ2) is 19.1. The number of nitrogens with two attached hydrogens (primary N) is 1. The van der Waals surface area contributed by atoms with Crippen LogP contribution in [0.2, 0.25) is 0 Å². The maximum atomic E-state index is 6.98. The van der Waals surface area contributed by atoms with Crippen LogP contribution in [-0.4, -0.2) is 27.2 Å². The van der Waals surface area contributed by atoms with Gasteiger partial charge in [0, 0.05) is 36.1 Å². The van der Waals surface area contributed by atoms with Gasteiger partial charge in [-0.05, 0) is 92.8 Å². The van der Waals surface area contributed by atoms with Gasteiger partial charge in [-0.2, -0.15) is 5.10 Å².